The summed E-state index contributed by atoms with van der Waals surface area (Å²) in [6.07, 6.45) is -2.05. The molecule has 0 bridgehead atoms. The van der Waals surface area contributed by atoms with Crippen LogP contribution in [0.4, 0.5) is 16.2 Å². The van der Waals surface area contributed by atoms with Gasteiger partial charge in [-0.25, -0.2) is 4.39 Å². The number of nitrogen functional groups attached to an aromatic ring is 2. The molecule has 4 atom stereocenters. The Hall–Kier alpha value is -1.24. The van der Waals surface area contributed by atoms with Gasteiger partial charge in [0.05, 0.1) is 12.0 Å². The smallest absolute Gasteiger partial charge is 0.223 e. The largest absolute Gasteiger partial charge is 0.394 e. The van der Waals surface area contributed by atoms with Gasteiger partial charge in [0.1, 0.15) is 18.0 Å². The van der Waals surface area contributed by atoms with Gasteiger partial charge in [0, 0.05) is 9.77 Å². The van der Waals surface area contributed by atoms with E-state index in [2.05, 4.69) is 9.97 Å². The summed E-state index contributed by atoms with van der Waals surface area (Å²) in [6, 6.07) is 0. The van der Waals surface area contributed by atoms with Crippen LogP contribution in [-0.4, -0.2) is 49.2 Å². The number of aliphatic hydroxyl groups is 2. The zero-order valence-corrected chi connectivity index (χ0v) is 13.7. The third kappa shape index (κ3) is 2.13. The molecule has 2 aromatic rings. The van der Waals surface area contributed by atoms with Gasteiger partial charge in [-0.3, -0.25) is 0 Å². The minimum Gasteiger partial charge on any atom is -0.394 e. The fourth-order valence-electron chi connectivity index (χ4n) is 2.69. The maximum atomic E-state index is 14.9. The zero-order valence-electron chi connectivity index (χ0n) is 11.6. The van der Waals surface area contributed by atoms with Gasteiger partial charge in [-0.05, 0) is 29.5 Å². The predicted octanol–water partition coefficient (Wildman–Crippen LogP) is 0.179. The van der Waals surface area contributed by atoms with Crippen molar-refractivity contribution in [2.24, 2.45) is 0 Å². The summed E-state index contributed by atoms with van der Waals surface area (Å²) in [4.78, 5) is 7.98. The maximum Gasteiger partial charge on any atom is 0.223 e. The fourth-order valence-corrected chi connectivity index (χ4v) is 3.51. The molecule has 10 heteroatoms. The number of nitrogens with zero attached hydrogens (tertiary/aromatic N) is 3. The Balaban J connectivity index is 2.19. The average molecular weight is 423 g/mol. The summed E-state index contributed by atoms with van der Waals surface area (Å²) in [5.74, 6) is 0.141. The van der Waals surface area contributed by atoms with Crippen molar-refractivity contribution >= 4 is 45.4 Å². The Labute approximate surface area is 138 Å². The molecule has 0 spiro atoms. The van der Waals surface area contributed by atoms with Crippen molar-refractivity contribution in [2.75, 3.05) is 18.1 Å². The summed E-state index contributed by atoms with van der Waals surface area (Å²) in [5, 5.41) is 19.7. The van der Waals surface area contributed by atoms with Crippen molar-refractivity contribution in [1.29, 1.82) is 0 Å². The summed E-state index contributed by atoms with van der Waals surface area (Å²) >= 11 is 2.02. The molecule has 0 aromatic carbocycles. The first kappa shape index (κ1) is 15.6. The average Bonchev–Trinajstić information content (AvgIpc) is 2.86. The van der Waals surface area contributed by atoms with E-state index < -0.39 is 30.7 Å². The first-order chi connectivity index (χ1) is 10.3. The van der Waals surface area contributed by atoms with Crippen LogP contribution in [0.25, 0.3) is 11.0 Å². The molecule has 0 saturated carbocycles. The number of ether oxygens (including phenoxy) is 1. The van der Waals surface area contributed by atoms with Crippen molar-refractivity contribution in [3.63, 3.8) is 0 Å². The van der Waals surface area contributed by atoms with Crippen LogP contribution in [0, 0.1) is 3.57 Å². The standard InChI is InChI=1S/C12H15FIN5O3/c1-12(13)7(21)5(3-20)22-10(12)19-2-4(14)6-8(15)17-11(16)18-9(6)19/h2,5,7,10,20-21H,3H2,1H3,(H4,15,16,17,18)/t5-,7-,10+,12-/m1/s1. The molecule has 22 heavy (non-hydrogen) atoms. The van der Waals surface area contributed by atoms with Crippen LogP contribution in [0.5, 0.6) is 0 Å². The lowest BCUT2D eigenvalue weighted by Gasteiger charge is -2.25. The second-order valence-electron chi connectivity index (χ2n) is 5.36. The lowest BCUT2D eigenvalue weighted by molar-refractivity contribution is -0.0564. The molecule has 0 unspecified atom stereocenters. The fraction of sp³-hybridized carbons (Fsp3) is 0.500. The highest BCUT2D eigenvalue weighted by atomic mass is 127. The minimum absolute atomic E-state index is 0.0430. The number of alkyl halides is 1. The Morgan fingerprint density at radius 2 is 2.18 bits per heavy atom. The number of anilines is 2. The van der Waals surface area contributed by atoms with Gasteiger partial charge < -0.3 is 31.0 Å². The molecule has 3 heterocycles. The van der Waals surface area contributed by atoms with Gasteiger partial charge in [-0.1, -0.05) is 0 Å². The zero-order chi connectivity index (χ0) is 16.2. The van der Waals surface area contributed by atoms with Crippen molar-refractivity contribution < 1.29 is 19.3 Å². The van der Waals surface area contributed by atoms with Crippen molar-refractivity contribution in [2.45, 2.75) is 31.0 Å². The molecule has 3 rings (SSSR count). The van der Waals surface area contributed by atoms with Gasteiger partial charge in [0.25, 0.3) is 0 Å². The normalized spacial score (nSPS) is 32.0. The van der Waals surface area contributed by atoms with E-state index in [9.17, 15) is 14.6 Å². The predicted molar refractivity (Wildman–Crippen MR) is 85.6 cm³/mol. The summed E-state index contributed by atoms with van der Waals surface area (Å²) in [7, 11) is 0. The molecule has 2 aromatic heterocycles. The number of aromatic nitrogens is 3. The number of halogens is 2. The lowest BCUT2D eigenvalue weighted by atomic mass is 9.98. The third-order valence-electron chi connectivity index (χ3n) is 3.82. The topological polar surface area (TPSA) is 132 Å². The monoisotopic (exact) mass is 423 g/mol. The van der Waals surface area contributed by atoms with Crippen LogP contribution >= 0.6 is 22.6 Å². The van der Waals surface area contributed by atoms with Gasteiger partial charge >= 0.3 is 0 Å². The Bertz CT molecular complexity index is 737. The molecule has 0 aliphatic carbocycles. The van der Waals surface area contributed by atoms with Crippen molar-refractivity contribution in [3.8, 4) is 0 Å². The molecule has 1 aliphatic rings. The molecule has 1 aliphatic heterocycles. The van der Waals surface area contributed by atoms with Crippen LogP contribution in [0.3, 0.4) is 0 Å². The molecular formula is C12H15FIN5O3. The maximum absolute atomic E-state index is 14.9. The Kier molecular flexibility index (Phi) is 3.66. The second kappa shape index (κ2) is 5.15. The van der Waals surface area contributed by atoms with Crippen molar-refractivity contribution in [3.05, 3.63) is 9.77 Å². The van der Waals surface area contributed by atoms with Gasteiger partial charge in [-0.2, -0.15) is 9.97 Å². The molecule has 1 saturated heterocycles. The van der Waals surface area contributed by atoms with E-state index in [1.54, 1.807) is 6.20 Å². The first-order valence-electron chi connectivity index (χ1n) is 6.49. The quantitative estimate of drug-likeness (QED) is 0.507. The summed E-state index contributed by atoms with van der Waals surface area (Å²) < 4.78 is 22.5. The van der Waals surface area contributed by atoms with Gasteiger partial charge in [-0.15, -0.1) is 0 Å². The second-order valence-corrected chi connectivity index (χ2v) is 6.52. The number of hydrogen-bond donors (Lipinski definition) is 4. The van der Waals surface area contributed by atoms with Crippen LogP contribution < -0.4 is 11.5 Å². The molecule has 6 N–H and O–H groups in total. The van der Waals surface area contributed by atoms with Gasteiger partial charge in [0.15, 0.2) is 17.5 Å². The van der Waals surface area contributed by atoms with E-state index >= 15 is 0 Å². The molecule has 8 nitrogen and oxygen atoms in total. The van der Waals surface area contributed by atoms with Crippen LogP contribution in [0.2, 0.25) is 0 Å². The number of rotatable bonds is 2. The molecule has 1 fully saturated rings. The van der Waals surface area contributed by atoms with E-state index in [-0.39, 0.29) is 11.8 Å². The van der Waals surface area contributed by atoms with Gasteiger partial charge in [0.2, 0.25) is 5.95 Å². The highest BCUT2D eigenvalue weighted by Crippen LogP contribution is 2.43. The number of aliphatic hydroxyl groups excluding tert-OH is 2. The van der Waals surface area contributed by atoms with E-state index in [1.807, 2.05) is 22.6 Å². The number of nitrogens with two attached hydrogens (primary N) is 2. The van der Waals surface area contributed by atoms with Crippen LogP contribution in [-0.2, 0) is 4.74 Å². The first-order valence-corrected chi connectivity index (χ1v) is 7.57. The number of hydrogen-bond acceptors (Lipinski definition) is 7. The Morgan fingerprint density at radius 1 is 1.50 bits per heavy atom. The van der Waals surface area contributed by atoms with E-state index in [4.69, 9.17) is 16.2 Å². The van der Waals surface area contributed by atoms with E-state index in [0.717, 1.165) is 0 Å². The SMILES string of the molecule is C[C@@]1(F)[C@H](O)[C@@H](CO)O[C@@H]1n1cc(I)c2c(N)nc(N)nc21. The minimum atomic E-state index is -2.11. The van der Waals surface area contributed by atoms with Crippen LogP contribution in [0.1, 0.15) is 13.2 Å². The third-order valence-corrected chi connectivity index (χ3v) is 4.64. The molecular weight excluding hydrogens is 408 g/mol. The summed E-state index contributed by atoms with van der Waals surface area (Å²) in [5.41, 5.74) is 9.65. The molecule has 120 valence electrons. The lowest BCUT2D eigenvalue weighted by Crippen LogP contribution is -2.40. The highest BCUT2D eigenvalue weighted by Gasteiger charge is 2.55. The van der Waals surface area contributed by atoms with Crippen LogP contribution in [0.15, 0.2) is 6.20 Å². The van der Waals surface area contributed by atoms with Crippen molar-refractivity contribution in [1.82, 2.24) is 14.5 Å². The summed E-state index contributed by atoms with van der Waals surface area (Å²) in [6.45, 7) is 0.720. The highest BCUT2D eigenvalue weighted by molar-refractivity contribution is 14.1. The van der Waals surface area contributed by atoms with E-state index in [0.29, 0.717) is 14.6 Å². The van der Waals surface area contributed by atoms with E-state index in [1.165, 1.54) is 11.5 Å². The molecule has 0 amide bonds. The number of fused-ring (bicyclic) bond motifs is 1. The molecule has 0 radical (unpaired) electrons. The Morgan fingerprint density at radius 3 is 2.77 bits per heavy atom.